The van der Waals surface area contributed by atoms with Gasteiger partial charge in [0.25, 0.3) is 5.91 Å². The predicted octanol–water partition coefficient (Wildman–Crippen LogP) is 1.53. The highest BCUT2D eigenvalue weighted by Crippen LogP contribution is 2.65. The number of nitrogens with zero attached hydrogens (tertiary/aromatic N) is 3. The maximum absolute atomic E-state index is 13.4. The van der Waals surface area contributed by atoms with Crippen molar-refractivity contribution in [1.29, 1.82) is 10.8 Å². The van der Waals surface area contributed by atoms with E-state index in [4.69, 9.17) is 15.5 Å². The molecule has 3 N–H and O–H groups in total. The molecule has 8 nitrogen and oxygen atoms in total. The van der Waals surface area contributed by atoms with Crippen LogP contribution in [-0.4, -0.2) is 45.2 Å². The monoisotopic (exact) mass is 468 g/mol. The molecule has 1 aromatic rings. The molecule has 0 saturated carbocycles. The summed E-state index contributed by atoms with van der Waals surface area (Å²) >= 11 is 2.00. The van der Waals surface area contributed by atoms with E-state index < -0.39 is 40.9 Å². The minimum absolute atomic E-state index is 0.166. The van der Waals surface area contributed by atoms with Crippen molar-refractivity contribution in [3.05, 3.63) is 27.3 Å². The highest BCUT2D eigenvalue weighted by Gasteiger charge is 2.84. The van der Waals surface area contributed by atoms with Crippen LogP contribution < -0.4 is 4.90 Å². The van der Waals surface area contributed by atoms with Crippen LogP contribution in [-0.2, 0) is 9.53 Å². The summed E-state index contributed by atoms with van der Waals surface area (Å²) < 4.78 is 6.64. The van der Waals surface area contributed by atoms with Gasteiger partial charge in [-0.2, -0.15) is 10.4 Å². The normalized spacial score (nSPS) is 43.5. The van der Waals surface area contributed by atoms with Gasteiger partial charge in [0.2, 0.25) is 0 Å². The number of amides is 1. The van der Waals surface area contributed by atoms with Gasteiger partial charge in [0, 0.05) is 15.7 Å². The quantitative estimate of drug-likeness (QED) is 0.448. The number of aliphatic hydroxyl groups excluding tert-OH is 2. The van der Waals surface area contributed by atoms with E-state index in [1.165, 1.54) is 4.90 Å². The first-order valence-corrected chi connectivity index (χ1v) is 9.22. The second-order valence-corrected chi connectivity index (χ2v) is 8.62. The summed E-state index contributed by atoms with van der Waals surface area (Å²) in [5, 5.41) is 34.3. The molecule has 3 aliphatic rings. The average molecular weight is 468 g/mol. The standard InChI is InChI=1S/C17H17IN4O4/c1-15-6-11(23)16(2,26-15)12-13(24)22(14(25)17(12,15)21-20)9-4-3-8(7-19)10(18)5-9/h3-5,11-13,20,23-24H,6H2,1-2H3/t11-,12?,13?,15?,16?,17-/m0/s1. The summed E-state index contributed by atoms with van der Waals surface area (Å²) in [6.45, 7) is 3.32. The number of halogens is 1. The molecule has 2 bridgehead atoms. The minimum atomic E-state index is -1.58. The molecule has 1 amide bonds. The Bertz CT molecular complexity index is 888. The summed E-state index contributed by atoms with van der Waals surface area (Å²) in [7, 11) is 0. The Labute approximate surface area is 163 Å². The van der Waals surface area contributed by atoms with E-state index in [1.807, 2.05) is 22.6 Å². The number of anilines is 1. The van der Waals surface area contributed by atoms with Crippen molar-refractivity contribution in [2.45, 2.75) is 49.3 Å². The van der Waals surface area contributed by atoms with E-state index >= 15 is 0 Å². The van der Waals surface area contributed by atoms with Gasteiger partial charge in [-0.3, -0.25) is 9.69 Å². The van der Waals surface area contributed by atoms with Crippen molar-refractivity contribution >= 4 is 34.2 Å². The molecule has 3 heterocycles. The molecule has 4 unspecified atom stereocenters. The van der Waals surface area contributed by atoms with Crippen LogP contribution in [0, 0.1) is 26.4 Å². The molecule has 3 fully saturated rings. The fourth-order valence-electron chi connectivity index (χ4n) is 4.99. The zero-order valence-electron chi connectivity index (χ0n) is 14.1. The van der Waals surface area contributed by atoms with Gasteiger partial charge in [0.15, 0.2) is 5.54 Å². The van der Waals surface area contributed by atoms with E-state index in [2.05, 4.69) is 11.2 Å². The Morgan fingerprint density at radius 3 is 2.73 bits per heavy atom. The van der Waals surface area contributed by atoms with Gasteiger partial charge in [0.05, 0.1) is 17.6 Å². The largest absolute Gasteiger partial charge is 0.390 e. The number of nitriles is 1. The van der Waals surface area contributed by atoms with Crippen LogP contribution in [0.15, 0.2) is 23.3 Å². The number of carbonyl (C=O) groups excluding carboxylic acids is 1. The first-order valence-electron chi connectivity index (χ1n) is 8.14. The molecular weight excluding hydrogens is 451 g/mol. The van der Waals surface area contributed by atoms with Gasteiger partial charge in [-0.1, -0.05) is 0 Å². The smallest absolute Gasteiger partial charge is 0.262 e. The van der Waals surface area contributed by atoms with Gasteiger partial charge in [-0.15, -0.1) is 0 Å². The van der Waals surface area contributed by atoms with E-state index in [0.717, 1.165) is 0 Å². The van der Waals surface area contributed by atoms with Crippen molar-refractivity contribution in [3.63, 3.8) is 0 Å². The molecule has 0 aliphatic carbocycles. The van der Waals surface area contributed by atoms with Crippen molar-refractivity contribution in [1.82, 2.24) is 0 Å². The molecular formula is C17H17IN4O4. The summed E-state index contributed by atoms with van der Waals surface area (Å²) in [5.74, 6) is -1.40. The SMILES string of the molecule is CC12OC(C)(C[C@@H]1O)[C@@]1(N=N)C(=O)N(c3ccc(C#N)c(I)c3)C(O)C21. The second kappa shape index (κ2) is 5.22. The average Bonchev–Trinajstić information content (AvgIpc) is 3.05. The molecule has 9 heteroatoms. The van der Waals surface area contributed by atoms with Crippen LogP contribution in [0.1, 0.15) is 25.8 Å². The van der Waals surface area contributed by atoms with Crippen molar-refractivity contribution in [3.8, 4) is 6.07 Å². The summed E-state index contributed by atoms with van der Waals surface area (Å²) in [6, 6.07) is 6.87. The molecule has 26 heavy (non-hydrogen) atoms. The van der Waals surface area contributed by atoms with E-state index in [9.17, 15) is 15.0 Å². The fraction of sp³-hybridized carbons (Fsp3) is 0.529. The lowest BCUT2D eigenvalue weighted by atomic mass is 9.62. The zero-order chi connectivity index (χ0) is 19.1. The molecule has 0 radical (unpaired) electrons. The zero-order valence-corrected chi connectivity index (χ0v) is 16.3. The first-order chi connectivity index (χ1) is 12.2. The Hall–Kier alpha value is -1.61. The van der Waals surface area contributed by atoms with Crippen LogP contribution in [0.5, 0.6) is 0 Å². The molecule has 0 aromatic heterocycles. The maximum atomic E-state index is 13.4. The maximum Gasteiger partial charge on any atom is 0.262 e. The number of aliphatic hydroxyl groups is 2. The van der Waals surface area contributed by atoms with Gasteiger partial charge in [0.1, 0.15) is 23.5 Å². The van der Waals surface area contributed by atoms with Gasteiger partial charge < -0.3 is 14.9 Å². The number of ether oxygens (including phenoxy) is 1. The minimum Gasteiger partial charge on any atom is -0.390 e. The highest BCUT2D eigenvalue weighted by atomic mass is 127. The molecule has 1 aromatic carbocycles. The Kier molecular flexibility index (Phi) is 3.57. The van der Waals surface area contributed by atoms with Crippen LogP contribution in [0.25, 0.3) is 0 Å². The summed E-state index contributed by atoms with van der Waals surface area (Å²) in [4.78, 5) is 14.6. The molecule has 3 saturated heterocycles. The highest BCUT2D eigenvalue weighted by molar-refractivity contribution is 14.1. The topological polar surface area (TPSA) is 130 Å². The van der Waals surface area contributed by atoms with E-state index in [-0.39, 0.29) is 6.42 Å². The molecule has 0 spiro atoms. The van der Waals surface area contributed by atoms with Gasteiger partial charge in [-0.25, -0.2) is 5.53 Å². The number of benzene rings is 1. The third-order valence-corrected chi connectivity index (χ3v) is 7.09. The Morgan fingerprint density at radius 1 is 1.46 bits per heavy atom. The predicted molar refractivity (Wildman–Crippen MR) is 97.3 cm³/mol. The van der Waals surface area contributed by atoms with Gasteiger partial charge in [-0.05, 0) is 54.6 Å². The van der Waals surface area contributed by atoms with Crippen molar-refractivity contribution < 1.29 is 19.7 Å². The molecule has 6 atom stereocenters. The summed E-state index contributed by atoms with van der Waals surface area (Å²) in [5.41, 5.74) is 4.75. The third kappa shape index (κ3) is 1.76. The molecule has 3 aliphatic heterocycles. The lowest BCUT2D eigenvalue weighted by molar-refractivity contribution is -0.129. The van der Waals surface area contributed by atoms with E-state index in [1.54, 1.807) is 32.0 Å². The van der Waals surface area contributed by atoms with Crippen LogP contribution in [0.2, 0.25) is 0 Å². The number of carbonyl (C=O) groups is 1. The van der Waals surface area contributed by atoms with Crippen LogP contribution >= 0.6 is 22.6 Å². The number of rotatable bonds is 2. The number of hydrogen-bond acceptors (Lipinski definition) is 7. The van der Waals surface area contributed by atoms with Crippen LogP contribution in [0.3, 0.4) is 0 Å². The first kappa shape index (κ1) is 17.8. The second-order valence-electron chi connectivity index (χ2n) is 7.46. The summed E-state index contributed by atoms with van der Waals surface area (Å²) in [6.07, 6.45) is -2.00. The van der Waals surface area contributed by atoms with Crippen molar-refractivity contribution in [2.24, 2.45) is 11.0 Å². The number of nitrogens with one attached hydrogen (secondary N) is 1. The third-order valence-electron chi connectivity index (χ3n) is 6.20. The van der Waals surface area contributed by atoms with Crippen molar-refractivity contribution in [2.75, 3.05) is 4.90 Å². The Balaban J connectivity index is 1.88. The number of fused-ring (bicyclic) bond motifs is 5. The number of hydrogen-bond donors (Lipinski definition) is 3. The lowest BCUT2D eigenvalue weighted by Crippen LogP contribution is -2.60. The van der Waals surface area contributed by atoms with Gasteiger partial charge >= 0.3 is 0 Å². The molecule has 4 rings (SSSR count). The fourth-order valence-corrected chi connectivity index (χ4v) is 5.61. The molecule has 136 valence electrons. The lowest BCUT2D eigenvalue weighted by Gasteiger charge is -2.39. The van der Waals surface area contributed by atoms with Crippen LogP contribution in [0.4, 0.5) is 5.69 Å². The Morgan fingerprint density at radius 2 is 2.15 bits per heavy atom. The van der Waals surface area contributed by atoms with E-state index in [0.29, 0.717) is 14.8 Å².